The molecule has 0 aromatic carbocycles. The summed E-state index contributed by atoms with van der Waals surface area (Å²) in [6, 6.07) is 0.0128. The van der Waals surface area contributed by atoms with Gasteiger partial charge in [0.15, 0.2) is 0 Å². The molecule has 1 amide bonds. The van der Waals surface area contributed by atoms with Gasteiger partial charge in [0.2, 0.25) is 5.91 Å². The number of likely N-dealkylation sites (tertiary alicyclic amines) is 1. The van der Waals surface area contributed by atoms with Crippen LogP contribution in [-0.2, 0) is 23.9 Å². The molecule has 0 aromatic heterocycles. The minimum atomic E-state index is -0.488. The molecule has 0 radical (unpaired) electrons. The van der Waals surface area contributed by atoms with Gasteiger partial charge in [0.05, 0.1) is 12.6 Å². The summed E-state index contributed by atoms with van der Waals surface area (Å²) in [6.07, 6.45) is 3.34. The van der Waals surface area contributed by atoms with Gasteiger partial charge in [-0.1, -0.05) is 6.58 Å². The van der Waals surface area contributed by atoms with Gasteiger partial charge in [-0.2, -0.15) is 0 Å². The van der Waals surface area contributed by atoms with E-state index < -0.39 is 5.97 Å². The van der Waals surface area contributed by atoms with E-state index in [9.17, 15) is 14.4 Å². The van der Waals surface area contributed by atoms with Gasteiger partial charge in [0, 0.05) is 24.0 Å². The highest BCUT2D eigenvalue weighted by Crippen LogP contribution is 2.57. The van der Waals surface area contributed by atoms with E-state index in [1.54, 1.807) is 0 Å². The summed E-state index contributed by atoms with van der Waals surface area (Å²) >= 11 is 0. The molecule has 2 bridgehead atoms. The monoisotopic (exact) mass is 349 g/mol. The van der Waals surface area contributed by atoms with Crippen molar-refractivity contribution >= 4 is 17.8 Å². The Hall–Kier alpha value is -1.85. The first-order chi connectivity index (χ1) is 11.7. The molecular formula is C19H27NO5. The summed E-state index contributed by atoms with van der Waals surface area (Å²) in [6.45, 7) is 9.61. The summed E-state index contributed by atoms with van der Waals surface area (Å²) < 4.78 is 10.7. The van der Waals surface area contributed by atoms with Crippen molar-refractivity contribution < 1.29 is 23.9 Å². The molecule has 1 saturated heterocycles. The average Bonchev–Trinajstić information content (AvgIpc) is 3.14. The Morgan fingerprint density at radius 2 is 2.04 bits per heavy atom. The van der Waals surface area contributed by atoms with Crippen molar-refractivity contribution in [2.24, 2.45) is 17.8 Å². The number of rotatable bonds is 6. The van der Waals surface area contributed by atoms with Crippen molar-refractivity contribution in [2.75, 3.05) is 6.61 Å². The lowest BCUT2D eigenvalue weighted by Gasteiger charge is -2.39. The van der Waals surface area contributed by atoms with Crippen molar-refractivity contribution in [3.05, 3.63) is 12.7 Å². The molecule has 1 aliphatic heterocycles. The molecule has 0 spiro atoms. The zero-order valence-electron chi connectivity index (χ0n) is 15.2. The third kappa shape index (κ3) is 3.18. The summed E-state index contributed by atoms with van der Waals surface area (Å²) in [5.74, 6) is 0.180. The Kier molecular flexibility index (Phi) is 4.64. The van der Waals surface area contributed by atoms with Gasteiger partial charge in [0.25, 0.3) is 0 Å². The Bertz CT molecular complexity index is 593. The molecule has 1 heterocycles. The van der Waals surface area contributed by atoms with Crippen LogP contribution in [0.5, 0.6) is 0 Å². The normalized spacial score (nSPS) is 32.8. The van der Waals surface area contributed by atoms with E-state index >= 15 is 0 Å². The van der Waals surface area contributed by atoms with Crippen LogP contribution in [0.1, 0.15) is 46.5 Å². The largest absolute Gasteiger partial charge is 0.463 e. The maximum Gasteiger partial charge on any atom is 0.330 e. The van der Waals surface area contributed by atoms with Crippen molar-refractivity contribution in [1.29, 1.82) is 0 Å². The van der Waals surface area contributed by atoms with E-state index in [4.69, 9.17) is 9.47 Å². The van der Waals surface area contributed by atoms with E-state index in [1.165, 1.54) is 0 Å². The lowest BCUT2D eigenvalue weighted by atomic mass is 9.87. The molecule has 2 aliphatic carbocycles. The quantitative estimate of drug-likeness (QED) is 0.417. The molecule has 138 valence electrons. The lowest BCUT2D eigenvalue weighted by molar-refractivity contribution is -0.157. The zero-order valence-corrected chi connectivity index (χ0v) is 15.2. The highest BCUT2D eigenvalue weighted by molar-refractivity contribution is 5.84. The third-order valence-corrected chi connectivity index (χ3v) is 5.67. The van der Waals surface area contributed by atoms with Crippen LogP contribution in [0.3, 0.4) is 0 Å². The predicted molar refractivity (Wildman–Crippen MR) is 90.4 cm³/mol. The van der Waals surface area contributed by atoms with E-state index in [1.807, 2.05) is 25.7 Å². The van der Waals surface area contributed by atoms with Crippen molar-refractivity contribution in [2.45, 2.75) is 64.1 Å². The van der Waals surface area contributed by atoms with Crippen LogP contribution in [0.15, 0.2) is 12.7 Å². The van der Waals surface area contributed by atoms with Gasteiger partial charge in [-0.15, -0.1) is 0 Å². The molecule has 2 saturated carbocycles. The number of ether oxygens (including phenoxy) is 2. The average molecular weight is 349 g/mol. The predicted octanol–water partition coefficient (Wildman–Crippen LogP) is 2.07. The topological polar surface area (TPSA) is 72.9 Å². The molecule has 3 rings (SSSR count). The molecule has 3 aliphatic rings. The number of carbonyl (C=O) groups excluding carboxylic acids is 3. The van der Waals surface area contributed by atoms with Gasteiger partial charge in [-0.3, -0.25) is 9.59 Å². The van der Waals surface area contributed by atoms with E-state index in [-0.39, 0.29) is 48.5 Å². The fourth-order valence-electron chi connectivity index (χ4n) is 4.83. The lowest BCUT2D eigenvalue weighted by Crippen LogP contribution is -2.52. The van der Waals surface area contributed by atoms with Crippen LogP contribution in [-0.4, -0.2) is 47.0 Å². The summed E-state index contributed by atoms with van der Waals surface area (Å²) in [7, 11) is 0. The van der Waals surface area contributed by atoms with Crippen LogP contribution < -0.4 is 0 Å². The van der Waals surface area contributed by atoms with E-state index in [2.05, 4.69) is 6.58 Å². The molecule has 3 fully saturated rings. The van der Waals surface area contributed by atoms with Crippen molar-refractivity contribution in [3.8, 4) is 0 Å². The van der Waals surface area contributed by atoms with Crippen molar-refractivity contribution in [1.82, 2.24) is 4.90 Å². The van der Waals surface area contributed by atoms with E-state index in [0.717, 1.165) is 18.9 Å². The fraction of sp³-hybridized carbons (Fsp3) is 0.737. The highest BCUT2D eigenvalue weighted by Gasteiger charge is 2.66. The van der Waals surface area contributed by atoms with Crippen LogP contribution in [0.25, 0.3) is 0 Å². The Labute approximate surface area is 148 Å². The summed E-state index contributed by atoms with van der Waals surface area (Å²) in [5.41, 5.74) is -0.266. The van der Waals surface area contributed by atoms with Gasteiger partial charge < -0.3 is 14.4 Å². The molecule has 0 aromatic rings. The zero-order chi connectivity index (χ0) is 18.4. The fourth-order valence-corrected chi connectivity index (χ4v) is 4.83. The second kappa shape index (κ2) is 6.46. The van der Waals surface area contributed by atoms with Crippen molar-refractivity contribution in [3.63, 3.8) is 0 Å². The minimum Gasteiger partial charge on any atom is -0.463 e. The van der Waals surface area contributed by atoms with E-state index in [0.29, 0.717) is 18.3 Å². The number of hydrogen-bond acceptors (Lipinski definition) is 5. The van der Waals surface area contributed by atoms with Gasteiger partial charge in [-0.25, -0.2) is 4.79 Å². The maximum atomic E-state index is 12.7. The summed E-state index contributed by atoms with van der Waals surface area (Å²) in [4.78, 5) is 37.9. The van der Waals surface area contributed by atoms with Gasteiger partial charge in [-0.05, 0) is 51.9 Å². The molecule has 0 N–H and O–H groups in total. The highest BCUT2D eigenvalue weighted by atomic mass is 16.5. The van der Waals surface area contributed by atoms with Gasteiger partial charge >= 0.3 is 11.9 Å². The first-order valence-corrected chi connectivity index (χ1v) is 9.06. The standard InChI is InChI=1S/C19H27NO5/c1-5-14(21)24-8-6-7-15(22)25-17-11-9-12-13(10-11)18(23)20(16(12)17)19(2,3)4/h5,11-13,16-17H,1,6-10H2,2-4H3. The molecule has 6 heteroatoms. The minimum absolute atomic E-state index is 0.0128. The van der Waals surface area contributed by atoms with Crippen LogP contribution in [0.2, 0.25) is 0 Å². The Morgan fingerprint density at radius 1 is 1.32 bits per heavy atom. The Morgan fingerprint density at radius 3 is 2.68 bits per heavy atom. The number of amides is 1. The number of esters is 2. The molecule has 5 unspecified atom stereocenters. The van der Waals surface area contributed by atoms with Crippen LogP contribution in [0, 0.1) is 17.8 Å². The first kappa shape index (κ1) is 18.0. The van der Waals surface area contributed by atoms with Crippen LogP contribution >= 0.6 is 0 Å². The third-order valence-electron chi connectivity index (χ3n) is 5.67. The number of carbonyl (C=O) groups is 3. The molecular weight excluding hydrogens is 322 g/mol. The van der Waals surface area contributed by atoms with Gasteiger partial charge in [0.1, 0.15) is 6.10 Å². The second-order valence-corrected chi connectivity index (χ2v) is 8.30. The molecule has 25 heavy (non-hydrogen) atoms. The number of fused-ring (bicyclic) bond motifs is 1. The number of hydrogen-bond donors (Lipinski definition) is 0. The molecule has 6 nitrogen and oxygen atoms in total. The Balaban J connectivity index is 1.58. The van der Waals surface area contributed by atoms with Crippen LogP contribution in [0.4, 0.5) is 0 Å². The summed E-state index contributed by atoms with van der Waals surface area (Å²) in [5, 5.41) is 0. The molecule has 5 atom stereocenters. The first-order valence-electron chi connectivity index (χ1n) is 9.06. The maximum absolute atomic E-state index is 12.7. The smallest absolute Gasteiger partial charge is 0.330 e. The SMILES string of the molecule is C=CC(=O)OCCCC(=O)OC1C2CC3C(=O)N(C(C)(C)C)C1C3C2. The second-order valence-electron chi connectivity index (χ2n) is 8.30. The number of nitrogens with zero attached hydrogens (tertiary/aromatic N) is 1.